The van der Waals surface area contributed by atoms with Crippen molar-refractivity contribution >= 4 is 27.3 Å². The fourth-order valence-corrected chi connectivity index (χ4v) is 2.41. The van der Waals surface area contributed by atoms with E-state index in [1.807, 2.05) is 0 Å². The van der Waals surface area contributed by atoms with Crippen LogP contribution in [0.25, 0.3) is 0 Å². The summed E-state index contributed by atoms with van der Waals surface area (Å²) in [6.45, 7) is 0.753. The first kappa shape index (κ1) is 12.8. The van der Waals surface area contributed by atoms with E-state index in [4.69, 9.17) is 15.6 Å². The van der Waals surface area contributed by atoms with Gasteiger partial charge in [-0.1, -0.05) is 0 Å². The van der Waals surface area contributed by atoms with Crippen LogP contribution in [0.4, 0.5) is 11.4 Å². The van der Waals surface area contributed by atoms with E-state index in [0.717, 1.165) is 0 Å². The molecule has 1 heterocycles. The molecule has 1 amide bonds. The minimum Gasteiger partial charge on any atom is -0.398 e. The van der Waals surface area contributed by atoms with Crippen LogP contribution < -0.4 is 15.8 Å². The molecule has 4 N–H and O–H groups in total. The summed E-state index contributed by atoms with van der Waals surface area (Å²) in [5.74, 6) is -0.230. The first-order chi connectivity index (χ1) is 8.39. The Balaban J connectivity index is 2.44. The Morgan fingerprint density at radius 3 is 2.67 bits per heavy atom. The number of nitrogens with zero attached hydrogens (tertiary/aromatic N) is 1. The van der Waals surface area contributed by atoms with Gasteiger partial charge in [-0.15, -0.1) is 0 Å². The first-order valence-electron chi connectivity index (χ1n) is 5.20. The third-order valence-electron chi connectivity index (χ3n) is 2.60. The summed E-state index contributed by atoms with van der Waals surface area (Å²) >= 11 is 0. The summed E-state index contributed by atoms with van der Waals surface area (Å²) in [5, 5.41) is 5.05. The highest BCUT2D eigenvalue weighted by atomic mass is 32.2. The number of anilines is 2. The second-order valence-electron chi connectivity index (χ2n) is 3.87. The Bertz CT molecular complexity index is 585. The molecule has 1 aromatic carbocycles. The summed E-state index contributed by atoms with van der Waals surface area (Å²) in [4.78, 5) is 12.9. The van der Waals surface area contributed by atoms with Crippen molar-refractivity contribution in [2.45, 2.75) is 4.90 Å². The van der Waals surface area contributed by atoms with Crippen molar-refractivity contribution in [3.05, 3.63) is 18.2 Å². The van der Waals surface area contributed by atoms with Crippen LogP contribution in [0.15, 0.2) is 23.1 Å². The fraction of sp³-hybridized carbons (Fsp3) is 0.300. The van der Waals surface area contributed by atoms with Gasteiger partial charge in [0, 0.05) is 12.2 Å². The maximum absolute atomic E-state index is 11.6. The number of nitrogen functional groups attached to an aromatic ring is 1. The zero-order valence-corrected chi connectivity index (χ0v) is 10.3. The monoisotopic (exact) mass is 271 g/mol. The third-order valence-corrected chi connectivity index (χ3v) is 3.57. The van der Waals surface area contributed by atoms with Gasteiger partial charge in [0.25, 0.3) is 5.91 Å². The van der Waals surface area contributed by atoms with Gasteiger partial charge in [-0.3, -0.25) is 4.79 Å². The molecule has 0 bridgehead atoms. The number of nitrogens with two attached hydrogens (primary N) is 2. The number of primary sulfonamides is 1. The molecule has 1 aromatic rings. The van der Waals surface area contributed by atoms with Crippen LogP contribution in [0.3, 0.4) is 0 Å². The highest BCUT2D eigenvalue weighted by Crippen LogP contribution is 2.25. The summed E-state index contributed by atoms with van der Waals surface area (Å²) in [6.07, 6.45) is 0. The molecule has 0 atom stereocenters. The molecule has 7 nitrogen and oxygen atoms in total. The Labute approximate surface area is 104 Å². The van der Waals surface area contributed by atoms with Gasteiger partial charge in [-0.05, 0) is 18.2 Å². The first-order valence-corrected chi connectivity index (χ1v) is 6.74. The summed E-state index contributed by atoms with van der Waals surface area (Å²) < 4.78 is 27.7. The topological polar surface area (TPSA) is 116 Å². The Morgan fingerprint density at radius 1 is 1.33 bits per heavy atom. The highest BCUT2D eigenvalue weighted by Gasteiger charge is 2.22. The van der Waals surface area contributed by atoms with Gasteiger partial charge in [0.05, 0.1) is 12.3 Å². The minimum absolute atomic E-state index is 0.0188. The normalized spacial score (nSPS) is 16.9. The van der Waals surface area contributed by atoms with Gasteiger partial charge < -0.3 is 15.4 Å². The average molecular weight is 271 g/mol. The molecule has 0 spiro atoms. The summed E-state index contributed by atoms with van der Waals surface area (Å²) in [7, 11) is -3.91. The molecule has 1 fully saturated rings. The summed E-state index contributed by atoms with van der Waals surface area (Å²) in [5.41, 5.74) is 6.06. The standard InChI is InChI=1S/C10H13N3O4S/c11-8-2-1-7(5-9(8)18(12,15)16)13-3-4-17-6-10(13)14/h1-2,5H,3-4,6,11H2,(H2,12,15,16). The van der Waals surface area contributed by atoms with Crippen LogP contribution in [0, 0.1) is 0 Å². The molecule has 2 rings (SSSR count). The largest absolute Gasteiger partial charge is 0.398 e. The quantitative estimate of drug-likeness (QED) is 0.689. The second-order valence-corrected chi connectivity index (χ2v) is 5.39. The lowest BCUT2D eigenvalue weighted by atomic mass is 10.2. The lowest BCUT2D eigenvalue weighted by Gasteiger charge is -2.27. The Hall–Kier alpha value is -1.64. The molecular formula is C10H13N3O4S. The molecule has 18 heavy (non-hydrogen) atoms. The molecule has 0 aromatic heterocycles. The number of benzene rings is 1. The Kier molecular flexibility index (Phi) is 3.24. The number of morpholine rings is 1. The molecule has 1 aliphatic rings. The minimum atomic E-state index is -3.91. The molecule has 0 unspecified atom stereocenters. The number of rotatable bonds is 2. The van der Waals surface area contributed by atoms with Gasteiger partial charge in [0.1, 0.15) is 11.5 Å². The predicted molar refractivity (Wildman–Crippen MR) is 65.4 cm³/mol. The van der Waals surface area contributed by atoms with Crippen molar-refractivity contribution in [2.75, 3.05) is 30.4 Å². The number of hydrogen-bond acceptors (Lipinski definition) is 5. The van der Waals surface area contributed by atoms with Crippen molar-refractivity contribution in [1.29, 1.82) is 0 Å². The van der Waals surface area contributed by atoms with Gasteiger partial charge >= 0.3 is 0 Å². The van der Waals surface area contributed by atoms with E-state index < -0.39 is 10.0 Å². The van der Waals surface area contributed by atoms with Gasteiger partial charge in [-0.25, -0.2) is 13.6 Å². The van der Waals surface area contributed by atoms with Crippen LogP contribution in [-0.2, 0) is 19.6 Å². The zero-order valence-electron chi connectivity index (χ0n) is 9.50. The molecule has 98 valence electrons. The number of carbonyl (C=O) groups is 1. The van der Waals surface area contributed by atoms with E-state index in [-0.39, 0.29) is 23.1 Å². The lowest BCUT2D eigenvalue weighted by molar-refractivity contribution is -0.125. The average Bonchev–Trinajstić information content (AvgIpc) is 2.29. The van der Waals surface area contributed by atoms with Crippen LogP contribution in [-0.4, -0.2) is 34.1 Å². The second kappa shape index (κ2) is 4.56. The van der Waals surface area contributed by atoms with Crippen molar-refractivity contribution in [1.82, 2.24) is 0 Å². The number of carbonyl (C=O) groups excluding carboxylic acids is 1. The van der Waals surface area contributed by atoms with Crippen LogP contribution in [0.5, 0.6) is 0 Å². The molecule has 0 aliphatic carbocycles. The maximum atomic E-state index is 11.6. The van der Waals surface area contributed by atoms with Crippen molar-refractivity contribution in [3.8, 4) is 0 Å². The van der Waals surface area contributed by atoms with E-state index in [0.29, 0.717) is 18.8 Å². The molecule has 1 aliphatic heterocycles. The van der Waals surface area contributed by atoms with Crippen molar-refractivity contribution in [2.24, 2.45) is 5.14 Å². The SMILES string of the molecule is Nc1ccc(N2CCOCC2=O)cc1S(N)(=O)=O. The van der Waals surface area contributed by atoms with E-state index >= 15 is 0 Å². The van der Waals surface area contributed by atoms with E-state index in [1.165, 1.54) is 17.0 Å². The number of sulfonamides is 1. The number of hydrogen-bond donors (Lipinski definition) is 2. The van der Waals surface area contributed by atoms with Crippen LogP contribution in [0.2, 0.25) is 0 Å². The van der Waals surface area contributed by atoms with Gasteiger partial charge in [-0.2, -0.15) is 0 Å². The molecule has 0 saturated carbocycles. The Morgan fingerprint density at radius 2 is 2.06 bits per heavy atom. The van der Waals surface area contributed by atoms with Crippen LogP contribution in [0.1, 0.15) is 0 Å². The van der Waals surface area contributed by atoms with Crippen LogP contribution >= 0.6 is 0 Å². The lowest BCUT2D eigenvalue weighted by Crippen LogP contribution is -2.41. The van der Waals surface area contributed by atoms with Gasteiger partial charge in [0.2, 0.25) is 10.0 Å². The summed E-state index contributed by atoms with van der Waals surface area (Å²) in [6, 6.07) is 4.29. The third kappa shape index (κ3) is 2.45. The predicted octanol–water partition coefficient (Wildman–Crippen LogP) is -0.721. The van der Waals surface area contributed by atoms with Gasteiger partial charge in [0.15, 0.2) is 0 Å². The highest BCUT2D eigenvalue weighted by molar-refractivity contribution is 7.89. The maximum Gasteiger partial charge on any atom is 0.253 e. The van der Waals surface area contributed by atoms with E-state index in [9.17, 15) is 13.2 Å². The zero-order chi connectivity index (χ0) is 13.3. The molecule has 8 heteroatoms. The molecule has 0 radical (unpaired) electrons. The number of ether oxygens (including phenoxy) is 1. The molecule has 1 saturated heterocycles. The van der Waals surface area contributed by atoms with Crippen molar-refractivity contribution in [3.63, 3.8) is 0 Å². The molecular weight excluding hydrogens is 258 g/mol. The number of amides is 1. The van der Waals surface area contributed by atoms with Crippen molar-refractivity contribution < 1.29 is 17.9 Å². The smallest absolute Gasteiger partial charge is 0.253 e. The van der Waals surface area contributed by atoms with E-state index in [1.54, 1.807) is 6.07 Å². The van der Waals surface area contributed by atoms with E-state index in [2.05, 4.69) is 0 Å². The fourth-order valence-electron chi connectivity index (χ4n) is 1.73.